The van der Waals surface area contributed by atoms with Crippen LogP contribution in [0.3, 0.4) is 0 Å². The lowest BCUT2D eigenvalue weighted by molar-refractivity contribution is 0.954. The summed E-state index contributed by atoms with van der Waals surface area (Å²) < 4.78 is 9.07. The Morgan fingerprint density at radius 3 is 1.03 bits per heavy atom. The van der Waals surface area contributed by atoms with E-state index in [0.717, 1.165) is 154 Å². The first kappa shape index (κ1) is 49.6. The van der Waals surface area contributed by atoms with E-state index in [1.165, 1.54) is 0 Å². The highest BCUT2D eigenvalue weighted by molar-refractivity contribution is 6.29. The van der Waals surface area contributed by atoms with Gasteiger partial charge in [-0.25, -0.2) is 15.0 Å². The van der Waals surface area contributed by atoms with E-state index in [2.05, 4.69) is 244 Å². The molecule has 418 valence electrons. The molecule has 13 nitrogen and oxygen atoms in total. The molecule has 0 aliphatic rings. The summed E-state index contributed by atoms with van der Waals surface area (Å²) in [6.07, 6.45) is 6.85. The molecule has 19 rings (SSSR count). The Hall–Kier alpha value is -12.6. The third-order valence-electron chi connectivity index (χ3n) is 17.6. The fraction of sp³-hybridized carbons (Fsp3) is 0. The number of aromatic nitrogens is 13. The van der Waals surface area contributed by atoms with E-state index in [0.29, 0.717) is 23.5 Å². The van der Waals surface area contributed by atoms with Crippen LogP contribution in [0.1, 0.15) is 0 Å². The summed E-state index contributed by atoms with van der Waals surface area (Å²) in [7, 11) is 0. The SMILES string of the molecule is c1ccc(-n2c3ccccc3c3cc(-c4nc(-c5ccc6c(c5)c5ccccc5n6-c5ccccc5)nc(-n5c6ccccc6c6c7c8ccccc8n(-c8nc(-c9ccc%10nccnc%10c9)cc(-c9ccc%10nccnc%10c9)n8)c7ccc65)n4)ccc32)cc1. The molecule has 0 spiro atoms. The summed E-state index contributed by atoms with van der Waals surface area (Å²) >= 11 is 0. The van der Waals surface area contributed by atoms with Gasteiger partial charge in [-0.3, -0.25) is 29.1 Å². The van der Waals surface area contributed by atoms with Gasteiger partial charge in [0, 0.05) is 102 Å². The number of benzene rings is 11. The van der Waals surface area contributed by atoms with E-state index in [-0.39, 0.29) is 0 Å². The summed E-state index contributed by atoms with van der Waals surface area (Å²) in [6.45, 7) is 0. The zero-order valence-corrected chi connectivity index (χ0v) is 47.8. The van der Waals surface area contributed by atoms with E-state index >= 15 is 0 Å². The van der Waals surface area contributed by atoms with Crippen molar-refractivity contribution in [2.75, 3.05) is 0 Å². The van der Waals surface area contributed by atoms with Crippen LogP contribution in [0, 0.1) is 0 Å². The second-order valence-electron chi connectivity index (χ2n) is 22.6. The van der Waals surface area contributed by atoms with Crippen LogP contribution in [0.4, 0.5) is 0 Å². The van der Waals surface area contributed by atoms with Crippen molar-refractivity contribution < 1.29 is 0 Å². The highest BCUT2D eigenvalue weighted by atomic mass is 15.2. The number of fused-ring (bicyclic) bond motifs is 15. The molecular formula is C77H45N13. The molecule has 8 aromatic heterocycles. The molecule has 0 aliphatic heterocycles. The van der Waals surface area contributed by atoms with Crippen LogP contribution in [0.15, 0.2) is 274 Å². The number of nitrogens with zero attached hydrogens (tertiary/aromatic N) is 13. The van der Waals surface area contributed by atoms with Crippen molar-refractivity contribution in [1.29, 1.82) is 0 Å². The van der Waals surface area contributed by atoms with Crippen LogP contribution < -0.4 is 0 Å². The quantitative estimate of drug-likeness (QED) is 0.146. The smallest absolute Gasteiger partial charge is 0.238 e. The van der Waals surface area contributed by atoms with Gasteiger partial charge in [0.05, 0.1) is 77.6 Å². The maximum absolute atomic E-state index is 5.58. The molecule has 0 bridgehead atoms. The molecule has 0 N–H and O–H groups in total. The molecule has 0 fully saturated rings. The Morgan fingerprint density at radius 2 is 0.578 bits per heavy atom. The Bertz CT molecular complexity index is 5910. The normalized spacial score (nSPS) is 12.0. The van der Waals surface area contributed by atoms with E-state index in [9.17, 15) is 0 Å². The largest absolute Gasteiger partial charge is 0.309 e. The lowest BCUT2D eigenvalue weighted by atomic mass is 10.1. The van der Waals surface area contributed by atoms with Crippen molar-refractivity contribution in [2.24, 2.45) is 0 Å². The van der Waals surface area contributed by atoms with Gasteiger partial charge in [0.25, 0.3) is 0 Å². The summed E-state index contributed by atoms with van der Waals surface area (Å²) in [5.41, 5.74) is 18.5. The molecule has 8 heterocycles. The molecule has 13 heteroatoms. The van der Waals surface area contributed by atoms with Gasteiger partial charge in [0.2, 0.25) is 11.9 Å². The first-order chi connectivity index (χ1) is 44.6. The molecular weight excluding hydrogens is 1110 g/mol. The van der Waals surface area contributed by atoms with Gasteiger partial charge in [0.15, 0.2) is 11.6 Å². The maximum atomic E-state index is 5.58. The van der Waals surface area contributed by atoms with Gasteiger partial charge in [-0.1, -0.05) is 121 Å². The number of rotatable bonds is 8. The van der Waals surface area contributed by atoms with E-state index < -0.39 is 0 Å². The highest BCUT2D eigenvalue weighted by Gasteiger charge is 2.26. The first-order valence-electron chi connectivity index (χ1n) is 29.8. The van der Waals surface area contributed by atoms with Crippen molar-refractivity contribution in [3.8, 4) is 68.6 Å². The van der Waals surface area contributed by atoms with Crippen molar-refractivity contribution in [1.82, 2.24) is 63.1 Å². The maximum Gasteiger partial charge on any atom is 0.238 e. The van der Waals surface area contributed by atoms with Crippen LogP contribution >= 0.6 is 0 Å². The van der Waals surface area contributed by atoms with E-state index in [1.54, 1.807) is 24.8 Å². The lowest BCUT2D eigenvalue weighted by Gasteiger charge is -2.13. The van der Waals surface area contributed by atoms with Crippen molar-refractivity contribution >= 4 is 109 Å². The predicted octanol–water partition coefficient (Wildman–Crippen LogP) is 17.6. The Balaban J connectivity index is 0.854. The van der Waals surface area contributed by atoms with Crippen LogP contribution in [0.2, 0.25) is 0 Å². The number of hydrogen-bond donors (Lipinski definition) is 0. The molecule has 90 heavy (non-hydrogen) atoms. The van der Waals surface area contributed by atoms with Crippen molar-refractivity contribution in [3.63, 3.8) is 0 Å². The molecule has 0 saturated carbocycles. The predicted molar refractivity (Wildman–Crippen MR) is 361 cm³/mol. The minimum absolute atomic E-state index is 0.490. The van der Waals surface area contributed by atoms with Crippen LogP contribution in [0.25, 0.3) is 178 Å². The third kappa shape index (κ3) is 7.59. The Kier molecular flexibility index (Phi) is 10.7. The van der Waals surface area contributed by atoms with Crippen LogP contribution in [0.5, 0.6) is 0 Å². The van der Waals surface area contributed by atoms with Crippen LogP contribution in [-0.4, -0.2) is 63.1 Å². The zero-order valence-electron chi connectivity index (χ0n) is 47.8. The van der Waals surface area contributed by atoms with Gasteiger partial charge >= 0.3 is 0 Å². The van der Waals surface area contributed by atoms with Gasteiger partial charge in [-0.05, 0) is 127 Å². The topological polar surface area (TPSA) is 136 Å². The molecule has 11 aromatic carbocycles. The van der Waals surface area contributed by atoms with Gasteiger partial charge in [-0.15, -0.1) is 0 Å². The summed E-state index contributed by atoms with van der Waals surface area (Å²) in [4.78, 5) is 46.0. The molecule has 0 atom stereocenters. The second-order valence-corrected chi connectivity index (χ2v) is 22.6. The Labute approximate surface area is 511 Å². The third-order valence-corrected chi connectivity index (χ3v) is 17.6. The summed E-state index contributed by atoms with van der Waals surface area (Å²) in [5.74, 6) is 2.10. The molecule has 0 saturated heterocycles. The van der Waals surface area contributed by atoms with Crippen molar-refractivity contribution in [2.45, 2.75) is 0 Å². The number of hydrogen-bond acceptors (Lipinski definition) is 9. The standard InChI is InChI=1S/C77H45N13/c1-3-15-50(16-4-1)87-64-23-11-7-19-52(64)56-41-48(29-33-68(56)87)74-84-75(49-30-34-69-57(42-49)53-20-8-12-24-65(53)88(69)51-17-5-2-6-18-51)86-77(85-74)90-67-26-14-10-22-55(67)73-71(90)36-35-70-72(73)54-21-9-13-25-66(54)89(70)76-82-60(46-27-31-58-62(43-46)80-39-37-78-58)45-61(83-76)47-28-32-59-63(44-47)81-40-38-79-59/h1-45H. The average Bonchev–Trinajstić information content (AvgIpc) is 1.59. The molecule has 0 unspecified atom stereocenters. The minimum atomic E-state index is 0.490. The highest BCUT2D eigenvalue weighted by Crippen LogP contribution is 2.44. The molecule has 0 radical (unpaired) electrons. The summed E-state index contributed by atoms with van der Waals surface area (Å²) in [6, 6.07) is 87.1. The average molecular weight is 1150 g/mol. The van der Waals surface area contributed by atoms with Gasteiger partial charge in [-0.2, -0.15) is 9.97 Å². The van der Waals surface area contributed by atoms with E-state index in [4.69, 9.17) is 24.9 Å². The molecule has 0 amide bonds. The first-order valence-corrected chi connectivity index (χ1v) is 29.8. The minimum Gasteiger partial charge on any atom is -0.309 e. The monoisotopic (exact) mass is 1150 g/mol. The Morgan fingerprint density at radius 1 is 0.222 bits per heavy atom. The van der Waals surface area contributed by atoms with Gasteiger partial charge in [0.1, 0.15) is 0 Å². The molecule has 0 aliphatic carbocycles. The lowest BCUT2D eigenvalue weighted by Crippen LogP contribution is -2.06. The van der Waals surface area contributed by atoms with E-state index in [1.807, 2.05) is 42.5 Å². The second kappa shape index (κ2) is 19.5. The zero-order chi connectivity index (χ0) is 59.0. The van der Waals surface area contributed by atoms with Crippen LogP contribution in [-0.2, 0) is 0 Å². The van der Waals surface area contributed by atoms with Crippen molar-refractivity contribution in [3.05, 3.63) is 274 Å². The fourth-order valence-corrected chi connectivity index (χ4v) is 13.7. The summed E-state index contributed by atoms with van der Waals surface area (Å²) in [5, 5.41) is 8.65. The molecule has 19 aromatic rings. The number of para-hydroxylation sites is 6. The fourth-order valence-electron chi connectivity index (χ4n) is 13.7. The van der Waals surface area contributed by atoms with Gasteiger partial charge < -0.3 is 9.13 Å².